The van der Waals surface area contributed by atoms with Gasteiger partial charge < -0.3 is 10.6 Å². The lowest BCUT2D eigenvalue weighted by Gasteiger charge is -2.30. The van der Waals surface area contributed by atoms with Gasteiger partial charge >= 0.3 is 0 Å². The van der Waals surface area contributed by atoms with Gasteiger partial charge in [-0.3, -0.25) is 4.99 Å². The van der Waals surface area contributed by atoms with E-state index in [2.05, 4.69) is 34.6 Å². The quantitative estimate of drug-likeness (QED) is 0.518. The number of aliphatic imine (C=N–C) groups is 1. The van der Waals surface area contributed by atoms with Crippen LogP contribution in [0.5, 0.6) is 0 Å². The molecule has 1 aromatic rings. The summed E-state index contributed by atoms with van der Waals surface area (Å²) in [6.07, 6.45) is 5.81. The number of piperidine rings is 1. The van der Waals surface area contributed by atoms with Crippen LogP contribution in [0.15, 0.2) is 4.99 Å². The Morgan fingerprint density at radius 1 is 1.25 bits per heavy atom. The first-order valence-corrected chi connectivity index (χ1v) is 12.2. The molecule has 1 unspecified atom stereocenters. The van der Waals surface area contributed by atoms with Crippen molar-refractivity contribution in [3.05, 3.63) is 11.6 Å². The maximum atomic E-state index is 11.6. The van der Waals surface area contributed by atoms with E-state index in [-0.39, 0.29) is 6.04 Å². The molecule has 0 saturated carbocycles. The lowest BCUT2D eigenvalue weighted by Crippen LogP contribution is -2.47. The van der Waals surface area contributed by atoms with Crippen molar-refractivity contribution in [1.82, 2.24) is 29.7 Å². The summed E-state index contributed by atoms with van der Waals surface area (Å²) in [4.78, 5) is 9.35. The van der Waals surface area contributed by atoms with E-state index in [4.69, 9.17) is 4.99 Å². The van der Waals surface area contributed by atoms with Crippen molar-refractivity contribution in [3.8, 4) is 0 Å². The predicted octanol–water partition coefficient (Wildman–Crippen LogP) is 0.382. The minimum atomic E-state index is -3.07. The van der Waals surface area contributed by atoms with Crippen LogP contribution in [0, 0.1) is 5.92 Å². The number of sulfonamides is 1. The Hall–Kier alpha value is -1.68. The van der Waals surface area contributed by atoms with Gasteiger partial charge in [-0.05, 0) is 32.1 Å². The summed E-state index contributed by atoms with van der Waals surface area (Å²) >= 11 is 0. The molecule has 2 aliphatic heterocycles. The van der Waals surface area contributed by atoms with Crippen molar-refractivity contribution >= 4 is 16.0 Å². The van der Waals surface area contributed by atoms with Gasteiger partial charge in [0.15, 0.2) is 11.8 Å². The zero-order chi connectivity index (χ0) is 20.1. The van der Waals surface area contributed by atoms with Crippen LogP contribution in [-0.2, 0) is 29.4 Å². The minimum Gasteiger partial charge on any atom is -0.357 e. The molecule has 158 valence electrons. The fourth-order valence-electron chi connectivity index (χ4n) is 3.79. The van der Waals surface area contributed by atoms with Crippen LogP contribution in [0.25, 0.3) is 0 Å². The fourth-order valence-corrected chi connectivity index (χ4v) is 4.66. The highest BCUT2D eigenvalue weighted by molar-refractivity contribution is 7.88. The summed E-state index contributed by atoms with van der Waals surface area (Å²) in [5.41, 5.74) is 0. The molecular weight excluding hydrogens is 378 g/mol. The second-order valence-electron chi connectivity index (χ2n) is 7.68. The van der Waals surface area contributed by atoms with Crippen molar-refractivity contribution in [1.29, 1.82) is 0 Å². The van der Waals surface area contributed by atoms with Crippen molar-refractivity contribution < 1.29 is 8.42 Å². The molecule has 0 aliphatic carbocycles. The van der Waals surface area contributed by atoms with E-state index >= 15 is 0 Å². The summed E-state index contributed by atoms with van der Waals surface area (Å²) in [6, 6.07) is 0.281. The number of hydrogen-bond donors (Lipinski definition) is 2. The summed E-state index contributed by atoms with van der Waals surface area (Å²) in [5.74, 6) is 3.25. The number of rotatable bonds is 6. The molecule has 10 heteroatoms. The van der Waals surface area contributed by atoms with Gasteiger partial charge in [0, 0.05) is 45.1 Å². The van der Waals surface area contributed by atoms with E-state index in [1.165, 1.54) is 6.26 Å². The first-order chi connectivity index (χ1) is 13.4. The molecule has 3 heterocycles. The van der Waals surface area contributed by atoms with Gasteiger partial charge in [-0.2, -0.15) is 5.10 Å². The number of hydrogen-bond acceptors (Lipinski definition) is 5. The normalized spacial score (nSPS) is 22.1. The van der Waals surface area contributed by atoms with Crippen LogP contribution >= 0.6 is 0 Å². The van der Waals surface area contributed by atoms with Gasteiger partial charge in [0.2, 0.25) is 10.0 Å². The Balaban J connectivity index is 1.53. The number of aryl methyl sites for hydroxylation is 2. The van der Waals surface area contributed by atoms with Crippen molar-refractivity contribution in [2.45, 2.75) is 58.5 Å². The van der Waals surface area contributed by atoms with Gasteiger partial charge in [0.1, 0.15) is 5.82 Å². The van der Waals surface area contributed by atoms with Crippen molar-refractivity contribution in [2.24, 2.45) is 10.9 Å². The standard InChI is InChI=1S/C18H33N7O2S/c1-4-16-22-17-7-6-15(13-25(17)23-16)21-18(19-5-2)20-12-14-8-10-24(11-9-14)28(3,26)27/h14-15H,4-13H2,1-3H3,(H2,19,20,21). The Kier molecular flexibility index (Phi) is 6.92. The number of aromatic nitrogens is 3. The highest BCUT2D eigenvalue weighted by Gasteiger charge is 2.25. The SMILES string of the molecule is CCNC(=NCC1CCN(S(C)(=O)=O)CC1)NC1CCc2nc(CC)nn2C1. The number of nitrogens with zero attached hydrogens (tertiary/aromatic N) is 5. The minimum absolute atomic E-state index is 0.281. The fraction of sp³-hybridized carbons (Fsp3) is 0.833. The van der Waals surface area contributed by atoms with Crippen LogP contribution in [0.4, 0.5) is 0 Å². The van der Waals surface area contributed by atoms with E-state index in [9.17, 15) is 8.42 Å². The Labute approximate surface area is 168 Å². The molecule has 0 radical (unpaired) electrons. The van der Waals surface area contributed by atoms with E-state index in [1.807, 2.05) is 4.68 Å². The monoisotopic (exact) mass is 411 g/mol. The Morgan fingerprint density at radius 2 is 2.00 bits per heavy atom. The summed E-state index contributed by atoms with van der Waals surface area (Å²) in [6.45, 7) is 7.66. The van der Waals surface area contributed by atoms with Gasteiger partial charge in [-0.1, -0.05) is 6.92 Å². The molecule has 28 heavy (non-hydrogen) atoms. The molecular formula is C18H33N7O2S. The molecule has 1 aromatic heterocycles. The molecule has 1 fully saturated rings. The van der Waals surface area contributed by atoms with Crippen LogP contribution in [0.2, 0.25) is 0 Å². The van der Waals surface area contributed by atoms with Crippen LogP contribution in [-0.4, -0.2) is 71.9 Å². The van der Waals surface area contributed by atoms with E-state index in [0.717, 1.165) is 62.8 Å². The smallest absolute Gasteiger partial charge is 0.211 e. The maximum absolute atomic E-state index is 11.6. The van der Waals surface area contributed by atoms with Crippen molar-refractivity contribution in [2.75, 3.05) is 32.4 Å². The third-order valence-corrected chi connectivity index (χ3v) is 6.76. The largest absolute Gasteiger partial charge is 0.357 e. The van der Waals surface area contributed by atoms with Gasteiger partial charge in [-0.25, -0.2) is 22.4 Å². The van der Waals surface area contributed by atoms with E-state index in [1.54, 1.807) is 4.31 Å². The number of nitrogens with one attached hydrogen (secondary N) is 2. The van der Waals surface area contributed by atoms with Crippen LogP contribution in [0.3, 0.4) is 0 Å². The molecule has 1 saturated heterocycles. The van der Waals surface area contributed by atoms with Gasteiger partial charge in [0.05, 0.1) is 12.8 Å². The average molecular weight is 412 g/mol. The third-order valence-electron chi connectivity index (χ3n) is 5.45. The van der Waals surface area contributed by atoms with Crippen molar-refractivity contribution in [3.63, 3.8) is 0 Å². The maximum Gasteiger partial charge on any atom is 0.211 e. The highest BCUT2D eigenvalue weighted by Crippen LogP contribution is 2.19. The third kappa shape index (κ3) is 5.44. The lowest BCUT2D eigenvalue weighted by molar-refractivity contribution is 0.280. The molecule has 2 aliphatic rings. The molecule has 0 bridgehead atoms. The second-order valence-corrected chi connectivity index (χ2v) is 9.67. The molecule has 9 nitrogen and oxygen atoms in total. The summed E-state index contributed by atoms with van der Waals surface area (Å²) in [7, 11) is -3.07. The van der Waals surface area contributed by atoms with Gasteiger partial charge in [-0.15, -0.1) is 0 Å². The summed E-state index contributed by atoms with van der Waals surface area (Å²) in [5, 5.41) is 11.4. The zero-order valence-corrected chi connectivity index (χ0v) is 18.0. The second kappa shape index (κ2) is 9.21. The molecule has 0 spiro atoms. The van der Waals surface area contributed by atoms with E-state index < -0.39 is 10.0 Å². The Bertz CT molecular complexity index is 782. The van der Waals surface area contributed by atoms with E-state index in [0.29, 0.717) is 25.6 Å². The molecule has 0 aromatic carbocycles. The zero-order valence-electron chi connectivity index (χ0n) is 17.2. The predicted molar refractivity (Wildman–Crippen MR) is 110 cm³/mol. The number of guanidine groups is 1. The topological polar surface area (TPSA) is 105 Å². The first kappa shape index (κ1) is 21.0. The first-order valence-electron chi connectivity index (χ1n) is 10.3. The van der Waals surface area contributed by atoms with Crippen LogP contribution in [0.1, 0.15) is 44.8 Å². The van der Waals surface area contributed by atoms with Gasteiger partial charge in [0.25, 0.3) is 0 Å². The summed E-state index contributed by atoms with van der Waals surface area (Å²) < 4.78 is 26.9. The van der Waals surface area contributed by atoms with Crippen LogP contribution < -0.4 is 10.6 Å². The molecule has 1 atom stereocenters. The molecule has 2 N–H and O–H groups in total. The lowest BCUT2D eigenvalue weighted by atomic mass is 9.98. The number of fused-ring (bicyclic) bond motifs is 1. The molecule has 0 amide bonds. The highest BCUT2D eigenvalue weighted by atomic mass is 32.2. The Morgan fingerprint density at radius 3 is 2.64 bits per heavy atom. The average Bonchev–Trinajstić information content (AvgIpc) is 3.08. The molecule has 3 rings (SSSR count).